The molecule has 0 radical (unpaired) electrons. The van der Waals surface area contributed by atoms with Crippen molar-refractivity contribution in [2.75, 3.05) is 18.0 Å². The predicted molar refractivity (Wildman–Crippen MR) is 64.7 cm³/mol. The molecule has 0 spiro atoms. The number of nitrogens with zero attached hydrogens (tertiary/aromatic N) is 3. The van der Waals surface area contributed by atoms with Crippen molar-refractivity contribution in [2.45, 2.75) is 25.9 Å². The highest BCUT2D eigenvalue weighted by Gasteiger charge is 2.41. The molecule has 19 heavy (non-hydrogen) atoms. The lowest BCUT2D eigenvalue weighted by atomic mass is 9.96. The summed E-state index contributed by atoms with van der Waals surface area (Å²) in [5, 5.41) is 9.11. The summed E-state index contributed by atoms with van der Waals surface area (Å²) in [4.78, 5) is 5.92. The van der Waals surface area contributed by atoms with Gasteiger partial charge in [-0.05, 0) is 31.4 Å². The van der Waals surface area contributed by atoms with Crippen LogP contribution in [0.3, 0.4) is 0 Å². The van der Waals surface area contributed by atoms with E-state index in [9.17, 15) is 13.2 Å². The minimum Gasteiger partial charge on any atom is -0.355 e. The van der Waals surface area contributed by atoms with Crippen LogP contribution in [0, 0.1) is 24.2 Å². The van der Waals surface area contributed by atoms with E-state index in [1.54, 1.807) is 24.1 Å². The maximum absolute atomic E-state index is 12.6. The fourth-order valence-electron chi connectivity index (χ4n) is 2.34. The highest BCUT2D eigenvalue weighted by atomic mass is 19.4. The fraction of sp³-hybridized carbons (Fsp3) is 0.538. The third kappa shape index (κ3) is 2.80. The van der Waals surface area contributed by atoms with Gasteiger partial charge in [0.1, 0.15) is 11.9 Å². The molecule has 2 rings (SSSR count). The monoisotopic (exact) mass is 269 g/mol. The van der Waals surface area contributed by atoms with Crippen LogP contribution in [-0.4, -0.2) is 24.2 Å². The quantitative estimate of drug-likeness (QED) is 0.786. The van der Waals surface area contributed by atoms with Gasteiger partial charge in [0.05, 0.1) is 11.5 Å². The topological polar surface area (TPSA) is 39.9 Å². The standard InChI is InChI=1S/C13H14F3N3/c1-9-2-5-18-12(11(9)8-17)19-6-3-10(4-7-19)13(14,15)16/h2,5,10H,3-4,6-7H2,1H3. The van der Waals surface area contributed by atoms with E-state index in [0.717, 1.165) is 5.56 Å². The number of nitriles is 1. The summed E-state index contributed by atoms with van der Waals surface area (Å²) in [5.74, 6) is -0.734. The van der Waals surface area contributed by atoms with Gasteiger partial charge in [0.25, 0.3) is 0 Å². The number of pyridine rings is 1. The lowest BCUT2D eigenvalue weighted by Crippen LogP contribution is -2.39. The highest BCUT2D eigenvalue weighted by Crippen LogP contribution is 2.35. The zero-order valence-corrected chi connectivity index (χ0v) is 10.5. The zero-order valence-electron chi connectivity index (χ0n) is 10.5. The van der Waals surface area contributed by atoms with Crippen molar-refractivity contribution in [3.8, 4) is 6.07 Å². The van der Waals surface area contributed by atoms with Crippen LogP contribution in [-0.2, 0) is 0 Å². The minimum atomic E-state index is -4.12. The number of halogens is 3. The number of hydrogen-bond acceptors (Lipinski definition) is 3. The van der Waals surface area contributed by atoms with Gasteiger partial charge < -0.3 is 4.90 Å². The average molecular weight is 269 g/mol. The van der Waals surface area contributed by atoms with Crippen LogP contribution in [0.15, 0.2) is 12.3 Å². The number of anilines is 1. The molecule has 1 aromatic rings. The number of aromatic nitrogens is 1. The fourth-order valence-corrected chi connectivity index (χ4v) is 2.34. The first-order valence-corrected chi connectivity index (χ1v) is 6.11. The summed E-state index contributed by atoms with van der Waals surface area (Å²) in [5.41, 5.74) is 1.25. The van der Waals surface area contributed by atoms with Gasteiger partial charge in [-0.25, -0.2) is 4.98 Å². The van der Waals surface area contributed by atoms with E-state index in [4.69, 9.17) is 5.26 Å². The molecule has 1 aliphatic heterocycles. The molecule has 3 nitrogen and oxygen atoms in total. The van der Waals surface area contributed by atoms with E-state index in [0.29, 0.717) is 11.4 Å². The molecular weight excluding hydrogens is 255 g/mol. The summed E-state index contributed by atoms with van der Waals surface area (Å²) in [6.07, 6.45) is -2.42. The van der Waals surface area contributed by atoms with Crippen molar-refractivity contribution < 1.29 is 13.2 Å². The SMILES string of the molecule is Cc1ccnc(N2CCC(C(F)(F)F)CC2)c1C#N. The Morgan fingerprint density at radius 1 is 1.37 bits per heavy atom. The molecule has 0 unspecified atom stereocenters. The van der Waals surface area contributed by atoms with Crippen LogP contribution in [0.25, 0.3) is 0 Å². The molecule has 0 bridgehead atoms. The first kappa shape index (κ1) is 13.7. The Morgan fingerprint density at radius 3 is 2.53 bits per heavy atom. The summed E-state index contributed by atoms with van der Waals surface area (Å²) in [6.45, 7) is 2.37. The van der Waals surface area contributed by atoms with Crippen LogP contribution >= 0.6 is 0 Å². The minimum absolute atomic E-state index is 0.0595. The molecule has 1 aromatic heterocycles. The van der Waals surface area contributed by atoms with Gasteiger partial charge in [-0.1, -0.05) is 0 Å². The summed E-state index contributed by atoms with van der Waals surface area (Å²) < 4.78 is 37.8. The second kappa shape index (κ2) is 5.08. The highest BCUT2D eigenvalue weighted by molar-refractivity contribution is 5.57. The van der Waals surface area contributed by atoms with Gasteiger partial charge in [0.2, 0.25) is 0 Å². The number of piperidine rings is 1. The van der Waals surface area contributed by atoms with Crippen LogP contribution in [0.5, 0.6) is 0 Å². The smallest absolute Gasteiger partial charge is 0.355 e. The van der Waals surface area contributed by atoms with E-state index in [1.165, 1.54) is 0 Å². The molecule has 1 fully saturated rings. The Morgan fingerprint density at radius 2 is 2.00 bits per heavy atom. The maximum atomic E-state index is 12.6. The third-order valence-corrected chi connectivity index (χ3v) is 3.51. The maximum Gasteiger partial charge on any atom is 0.391 e. The van der Waals surface area contributed by atoms with E-state index in [1.807, 2.05) is 0 Å². The first-order chi connectivity index (χ1) is 8.93. The van der Waals surface area contributed by atoms with E-state index >= 15 is 0 Å². The molecule has 102 valence electrons. The molecule has 1 aliphatic rings. The number of aryl methyl sites for hydroxylation is 1. The number of rotatable bonds is 1. The Hall–Kier alpha value is -1.77. The number of alkyl halides is 3. The lowest BCUT2D eigenvalue weighted by molar-refractivity contribution is -0.179. The van der Waals surface area contributed by atoms with Gasteiger partial charge in [0.15, 0.2) is 0 Å². The normalized spacial score (nSPS) is 17.3. The Bertz CT molecular complexity index is 497. The van der Waals surface area contributed by atoms with Crippen LogP contribution in [0.4, 0.5) is 19.0 Å². The molecule has 0 N–H and O–H groups in total. The Balaban J connectivity index is 2.15. The lowest BCUT2D eigenvalue weighted by Gasteiger charge is -2.34. The molecule has 0 aliphatic carbocycles. The first-order valence-electron chi connectivity index (χ1n) is 6.11. The van der Waals surface area contributed by atoms with Crippen molar-refractivity contribution in [1.29, 1.82) is 5.26 Å². The third-order valence-electron chi connectivity index (χ3n) is 3.51. The van der Waals surface area contributed by atoms with Crippen molar-refractivity contribution in [3.05, 3.63) is 23.4 Å². The van der Waals surface area contributed by atoms with Crippen LogP contribution in [0.2, 0.25) is 0 Å². The molecule has 0 atom stereocenters. The van der Waals surface area contributed by atoms with Gasteiger partial charge in [-0.2, -0.15) is 18.4 Å². The van der Waals surface area contributed by atoms with E-state index < -0.39 is 12.1 Å². The second-order valence-electron chi connectivity index (χ2n) is 4.74. The van der Waals surface area contributed by atoms with Crippen molar-refractivity contribution in [3.63, 3.8) is 0 Å². The molecule has 0 amide bonds. The van der Waals surface area contributed by atoms with Gasteiger partial charge in [-0.15, -0.1) is 0 Å². The number of hydrogen-bond donors (Lipinski definition) is 0. The molecule has 0 aromatic carbocycles. The molecule has 2 heterocycles. The Labute approximate surface area is 109 Å². The van der Waals surface area contributed by atoms with Crippen LogP contribution in [0.1, 0.15) is 24.0 Å². The molecule has 1 saturated heterocycles. The largest absolute Gasteiger partial charge is 0.391 e. The summed E-state index contributed by atoms with van der Waals surface area (Å²) in [7, 11) is 0. The van der Waals surface area contributed by atoms with Crippen molar-refractivity contribution in [1.82, 2.24) is 4.98 Å². The molecular formula is C13H14F3N3. The average Bonchev–Trinajstić information content (AvgIpc) is 2.37. The zero-order chi connectivity index (χ0) is 14.0. The van der Waals surface area contributed by atoms with Gasteiger partial charge in [0, 0.05) is 19.3 Å². The van der Waals surface area contributed by atoms with Gasteiger partial charge in [-0.3, -0.25) is 0 Å². The predicted octanol–water partition coefficient (Wildman–Crippen LogP) is 3.04. The molecule has 6 heteroatoms. The van der Waals surface area contributed by atoms with Crippen molar-refractivity contribution >= 4 is 5.82 Å². The second-order valence-corrected chi connectivity index (χ2v) is 4.74. The summed E-state index contributed by atoms with van der Waals surface area (Å²) >= 11 is 0. The summed E-state index contributed by atoms with van der Waals surface area (Å²) in [6, 6.07) is 3.80. The van der Waals surface area contributed by atoms with Crippen molar-refractivity contribution in [2.24, 2.45) is 5.92 Å². The van der Waals surface area contributed by atoms with E-state index in [-0.39, 0.29) is 25.9 Å². The molecule has 0 saturated carbocycles. The van der Waals surface area contributed by atoms with Gasteiger partial charge >= 0.3 is 6.18 Å². The Kier molecular flexibility index (Phi) is 3.65. The van der Waals surface area contributed by atoms with E-state index in [2.05, 4.69) is 11.1 Å². The van der Waals surface area contributed by atoms with Crippen LogP contribution < -0.4 is 4.90 Å².